The molecule has 144 valence electrons. The molecule has 1 saturated heterocycles. The molecule has 2 N–H and O–H groups in total. The summed E-state index contributed by atoms with van der Waals surface area (Å²) >= 11 is 0. The molecule has 0 radical (unpaired) electrons. The van der Waals surface area contributed by atoms with Gasteiger partial charge < -0.3 is 14.9 Å². The van der Waals surface area contributed by atoms with E-state index >= 15 is 0 Å². The van der Waals surface area contributed by atoms with Crippen molar-refractivity contribution >= 4 is 5.78 Å². The van der Waals surface area contributed by atoms with E-state index in [-0.39, 0.29) is 22.8 Å². The molecule has 1 aliphatic rings. The Kier molecular flexibility index (Phi) is 28.0. The van der Waals surface area contributed by atoms with Gasteiger partial charge in [-0.15, -0.1) is 6.42 Å². The minimum atomic E-state index is -0.0663. The smallest absolute Gasteiger partial charge is 0.155 e. The van der Waals surface area contributed by atoms with Crippen molar-refractivity contribution < 1.29 is 19.7 Å². The van der Waals surface area contributed by atoms with Crippen LogP contribution in [-0.4, -0.2) is 37.7 Å². The first-order chi connectivity index (χ1) is 11.0. The van der Waals surface area contributed by atoms with Crippen LogP contribution >= 0.6 is 0 Å². The predicted molar refractivity (Wildman–Crippen MR) is 104 cm³/mol. The normalized spacial score (nSPS) is 20.9. The maximum atomic E-state index is 10.5. The zero-order valence-electron chi connectivity index (χ0n) is 17.1. The van der Waals surface area contributed by atoms with Crippen molar-refractivity contribution in [3.63, 3.8) is 0 Å². The van der Waals surface area contributed by atoms with Gasteiger partial charge in [0, 0.05) is 13.5 Å². The van der Waals surface area contributed by atoms with Crippen LogP contribution in [0.2, 0.25) is 0 Å². The van der Waals surface area contributed by atoms with Gasteiger partial charge in [-0.05, 0) is 25.8 Å². The van der Waals surface area contributed by atoms with Crippen LogP contribution in [0.3, 0.4) is 0 Å². The van der Waals surface area contributed by atoms with Crippen LogP contribution in [-0.2, 0) is 14.3 Å². The van der Waals surface area contributed by atoms with Gasteiger partial charge in [-0.2, -0.15) is 0 Å². The number of hydrogen-bond donors (Lipinski definition) is 0. The number of allylic oxidation sites excluding steroid dienone is 2. The molecular weight excluding hydrogens is 304 g/mol. The summed E-state index contributed by atoms with van der Waals surface area (Å²) in [7, 11) is 1.68. The fourth-order valence-electron chi connectivity index (χ4n) is 1.68. The predicted octanol–water partition coefficient (Wildman–Crippen LogP) is 4.22. The van der Waals surface area contributed by atoms with E-state index in [0.29, 0.717) is 19.6 Å². The molecule has 1 rings (SSSR count). The molecule has 4 nitrogen and oxygen atoms in total. The van der Waals surface area contributed by atoms with Gasteiger partial charge in [0.15, 0.2) is 5.78 Å². The van der Waals surface area contributed by atoms with E-state index < -0.39 is 0 Å². The summed E-state index contributed by atoms with van der Waals surface area (Å²) in [5, 5.41) is 0. The number of ketones is 1. The van der Waals surface area contributed by atoms with Crippen LogP contribution in [0.25, 0.3) is 0 Å². The third kappa shape index (κ3) is 17.2. The Bertz CT molecular complexity index is 331. The lowest BCUT2D eigenvalue weighted by molar-refractivity contribution is -0.114. The van der Waals surface area contributed by atoms with E-state index in [0.717, 1.165) is 12.8 Å². The van der Waals surface area contributed by atoms with Gasteiger partial charge in [0.1, 0.15) is 0 Å². The van der Waals surface area contributed by atoms with Crippen LogP contribution in [0, 0.1) is 17.8 Å². The second kappa shape index (κ2) is 21.9. The number of carbonyl (C=O) groups excluding carboxylic acids is 1. The van der Waals surface area contributed by atoms with E-state index in [1.165, 1.54) is 0 Å². The number of terminal acetylenes is 1. The van der Waals surface area contributed by atoms with Crippen molar-refractivity contribution in [3.8, 4) is 12.3 Å². The van der Waals surface area contributed by atoms with Crippen LogP contribution in [0.5, 0.6) is 0 Å². The second-order valence-electron chi connectivity index (χ2n) is 4.93. The second-order valence-corrected chi connectivity index (χ2v) is 4.93. The molecule has 0 amide bonds. The quantitative estimate of drug-likeness (QED) is 0.554. The highest BCUT2D eigenvalue weighted by molar-refractivity contribution is 5.89. The first kappa shape index (κ1) is 30.7. The van der Waals surface area contributed by atoms with E-state index in [9.17, 15) is 4.79 Å². The van der Waals surface area contributed by atoms with E-state index in [1.54, 1.807) is 13.2 Å². The first-order valence-corrected chi connectivity index (χ1v) is 8.79. The van der Waals surface area contributed by atoms with Gasteiger partial charge in [-0.3, -0.25) is 4.79 Å². The minimum absolute atomic E-state index is 0. The van der Waals surface area contributed by atoms with E-state index in [1.807, 2.05) is 54.5 Å². The van der Waals surface area contributed by atoms with Crippen LogP contribution in [0.1, 0.15) is 67.7 Å². The van der Waals surface area contributed by atoms with E-state index in [2.05, 4.69) is 5.92 Å². The number of ether oxygens (including phenoxy) is 2. The van der Waals surface area contributed by atoms with E-state index in [4.69, 9.17) is 15.9 Å². The molecular formula is C20H40O4. The Morgan fingerprint density at radius 1 is 1.33 bits per heavy atom. The third-order valence-corrected chi connectivity index (χ3v) is 2.90. The molecule has 0 bridgehead atoms. The van der Waals surface area contributed by atoms with Gasteiger partial charge >= 0.3 is 0 Å². The SMILES string of the molecule is C#C[C@@]1(C)CO[C@H](COC)C1.CC.CC.CC/C=C\C(=O)CC.O. The summed E-state index contributed by atoms with van der Waals surface area (Å²) in [6.07, 6.45) is 11.6. The molecule has 1 fully saturated rings. The molecule has 1 heterocycles. The minimum Gasteiger partial charge on any atom is -0.412 e. The summed E-state index contributed by atoms with van der Waals surface area (Å²) in [6.45, 7) is 15.2. The number of rotatable bonds is 5. The average Bonchev–Trinajstić information content (AvgIpc) is 2.99. The molecule has 0 saturated carbocycles. The Balaban J connectivity index is -0.000000137. The molecule has 0 spiro atoms. The van der Waals surface area contributed by atoms with Gasteiger partial charge in [0.2, 0.25) is 0 Å². The standard InChI is InChI=1S/C9H14O2.C7H12O.2C2H6.H2O/c1-4-9(2)5-8(6-10-3)11-7-9;1-3-5-6-7(8)4-2;2*1-2;/h1,8H,5-7H2,2-3H3;5-6H,3-4H2,1-2H3;2*1-2H3;1H2/b;6-5-;;;/t8-,9+;;;;/m0..../s1. The first-order valence-electron chi connectivity index (χ1n) is 8.79. The van der Waals surface area contributed by atoms with Crippen molar-refractivity contribution in [1.29, 1.82) is 0 Å². The van der Waals surface area contributed by atoms with Crippen molar-refractivity contribution in [3.05, 3.63) is 12.2 Å². The summed E-state index contributed by atoms with van der Waals surface area (Å²) in [4.78, 5) is 10.5. The number of carbonyl (C=O) groups is 1. The molecule has 4 heteroatoms. The van der Waals surface area contributed by atoms with Gasteiger partial charge in [-0.1, -0.05) is 53.5 Å². The third-order valence-electron chi connectivity index (χ3n) is 2.90. The highest BCUT2D eigenvalue weighted by Gasteiger charge is 2.34. The van der Waals surface area contributed by atoms with Gasteiger partial charge in [-0.25, -0.2) is 0 Å². The largest absolute Gasteiger partial charge is 0.412 e. The average molecular weight is 345 g/mol. The molecule has 0 aromatic rings. The maximum Gasteiger partial charge on any atom is 0.155 e. The molecule has 2 atom stereocenters. The van der Waals surface area contributed by atoms with Crippen LogP contribution < -0.4 is 0 Å². The van der Waals surface area contributed by atoms with Gasteiger partial charge in [0.25, 0.3) is 0 Å². The molecule has 24 heavy (non-hydrogen) atoms. The summed E-state index contributed by atoms with van der Waals surface area (Å²) in [5.41, 5.74) is -0.0663. The zero-order chi connectivity index (χ0) is 18.7. The molecule has 0 unspecified atom stereocenters. The van der Waals surface area contributed by atoms with Crippen LogP contribution in [0.15, 0.2) is 12.2 Å². The molecule has 1 aliphatic heterocycles. The summed E-state index contributed by atoms with van der Waals surface area (Å²) < 4.78 is 10.4. The Morgan fingerprint density at radius 2 is 1.88 bits per heavy atom. The summed E-state index contributed by atoms with van der Waals surface area (Å²) in [5.74, 6) is 2.96. The lowest BCUT2D eigenvalue weighted by atomic mass is 9.89. The Labute approximate surface area is 150 Å². The fourth-order valence-corrected chi connectivity index (χ4v) is 1.68. The molecule has 0 aromatic heterocycles. The lowest BCUT2D eigenvalue weighted by Gasteiger charge is -2.12. The number of methoxy groups -OCH3 is 1. The van der Waals surface area contributed by atoms with Crippen molar-refractivity contribution in [2.75, 3.05) is 20.3 Å². The van der Waals surface area contributed by atoms with Crippen molar-refractivity contribution in [2.45, 2.75) is 73.8 Å². The topological polar surface area (TPSA) is 67.0 Å². The zero-order valence-corrected chi connectivity index (χ0v) is 17.1. The van der Waals surface area contributed by atoms with Gasteiger partial charge in [0.05, 0.1) is 24.7 Å². The number of hydrogen-bond acceptors (Lipinski definition) is 3. The highest BCUT2D eigenvalue weighted by Crippen LogP contribution is 2.31. The Hall–Kier alpha value is -1.15. The highest BCUT2D eigenvalue weighted by atomic mass is 16.5. The van der Waals surface area contributed by atoms with Crippen molar-refractivity contribution in [1.82, 2.24) is 0 Å². The molecule has 0 aliphatic carbocycles. The van der Waals surface area contributed by atoms with Crippen molar-refractivity contribution in [2.24, 2.45) is 5.41 Å². The maximum absolute atomic E-state index is 10.5. The van der Waals surface area contributed by atoms with Crippen LogP contribution in [0.4, 0.5) is 0 Å². The summed E-state index contributed by atoms with van der Waals surface area (Å²) in [6, 6.07) is 0. The lowest BCUT2D eigenvalue weighted by Crippen LogP contribution is -2.15. The monoisotopic (exact) mass is 344 g/mol. The fraction of sp³-hybridized carbons (Fsp3) is 0.750. The molecule has 0 aromatic carbocycles. The Morgan fingerprint density at radius 3 is 2.21 bits per heavy atom.